The zero-order valence-electron chi connectivity index (χ0n) is 8.77. The summed E-state index contributed by atoms with van der Waals surface area (Å²) in [5.41, 5.74) is 5.49. The summed E-state index contributed by atoms with van der Waals surface area (Å²) in [6.07, 6.45) is 0.894. The highest BCUT2D eigenvalue weighted by atomic mass is 16.4. The molecule has 15 heavy (non-hydrogen) atoms. The molecule has 0 saturated carbocycles. The number of urea groups is 1. The van der Waals surface area contributed by atoms with E-state index in [1.807, 2.05) is 0 Å². The van der Waals surface area contributed by atoms with Gasteiger partial charge in [-0.05, 0) is 25.8 Å². The number of carbonyl (C=O) groups excluding carboxylic acids is 1. The number of nitrogens with zero attached hydrogens (tertiary/aromatic N) is 1. The summed E-state index contributed by atoms with van der Waals surface area (Å²) >= 11 is 0. The second-order valence-electron chi connectivity index (χ2n) is 3.85. The van der Waals surface area contributed by atoms with Crippen molar-refractivity contribution in [1.82, 2.24) is 10.2 Å². The van der Waals surface area contributed by atoms with Gasteiger partial charge in [0.15, 0.2) is 0 Å². The number of nitrogens with two attached hydrogens (primary N) is 1. The molecule has 1 fully saturated rings. The molecule has 0 bridgehead atoms. The summed E-state index contributed by atoms with van der Waals surface area (Å²) in [6, 6.07) is -1.17. The number of carboxylic acid groups (broad SMARTS) is 1. The molecule has 0 spiro atoms. The van der Waals surface area contributed by atoms with E-state index in [1.165, 1.54) is 6.92 Å². The highest BCUT2D eigenvalue weighted by molar-refractivity contribution is 5.82. The number of rotatable bonds is 3. The van der Waals surface area contributed by atoms with E-state index in [0.29, 0.717) is 25.6 Å². The molecule has 1 rings (SSSR count). The summed E-state index contributed by atoms with van der Waals surface area (Å²) in [6.45, 7) is 3.28. The average molecular weight is 215 g/mol. The minimum Gasteiger partial charge on any atom is -0.480 e. The van der Waals surface area contributed by atoms with Gasteiger partial charge in [0.25, 0.3) is 0 Å². The van der Waals surface area contributed by atoms with Crippen LogP contribution in [0, 0.1) is 5.92 Å². The number of hydrogen-bond acceptors (Lipinski definition) is 3. The van der Waals surface area contributed by atoms with Crippen LogP contribution in [0.3, 0.4) is 0 Å². The van der Waals surface area contributed by atoms with Gasteiger partial charge in [-0.1, -0.05) is 0 Å². The predicted molar refractivity (Wildman–Crippen MR) is 54.4 cm³/mol. The summed E-state index contributed by atoms with van der Waals surface area (Å²) < 4.78 is 0. The molecule has 1 saturated heterocycles. The van der Waals surface area contributed by atoms with E-state index in [0.717, 1.165) is 6.42 Å². The molecule has 4 N–H and O–H groups in total. The van der Waals surface area contributed by atoms with E-state index in [9.17, 15) is 9.59 Å². The van der Waals surface area contributed by atoms with Crippen LogP contribution in [0.5, 0.6) is 0 Å². The lowest BCUT2D eigenvalue weighted by Crippen LogP contribution is -2.46. The van der Waals surface area contributed by atoms with Crippen molar-refractivity contribution in [3.05, 3.63) is 0 Å². The van der Waals surface area contributed by atoms with Crippen molar-refractivity contribution in [2.24, 2.45) is 11.7 Å². The lowest BCUT2D eigenvalue weighted by Gasteiger charge is -2.18. The molecule has 0 aromatic rings. The zero-order valence-corrected chi connectivity index (χ0v) is 8.77. The highest BCUT2D eigenvalue weighted by Gasteiger charge is 2.26. The first kappa shape index (κ1) is 11.8. The third-order valence-electron chi connectivity index (χ3n) is 2.62. The highest BCUT2D eigenvalue weighted by Crippen LogP contribution is 2.14. The van der Waals surface area contributed by atoms with E-state index in [2.05, 4.69) is 5.32 Å². The fraction of sp³-hybridized carbons (Fsp3) is 0.778. The number of carboxylic acids is 1. The Morgan fingerprint density at radius 2 is 2.33 bits per heavy atom. The molecule has 1 aliphatic rings. The summed E-state index contributed by atoms with van der Waals surface area (Å²) in [5.74, 6) is -0.686. The van der Waals surface area contributed by atoms with Crippen molar-refractivity contribution in [3.63, 3.8) is 0 Å². The molecule has 86 valence electrons. The lowest BCUT2D eigenvalue weighted by atomic mass is 10.1. The van der Waals surface area contributed by atoms with Gasteiger partial charge in [-0.25, -0.2) is 4.79 Å². The third kappa shape index (κ3) is 3.09. The Hall–Kier alpha value is -1.30. The Morgan fingerprint density at radius 3 is 2.80 bits per heavy atom. The van der Waals surface area contributed by atoms with E-state index < -0.39 is 12.0 Å². The monoisotopic (exact) mass is 215 g/mol. The Labute approximate surface area is 88.4 Å². The van der Waals surface area contributed by atoms with E-state index >= 15 is 0 Å². The maximum atomic E-state index is 11.5. The van der Waals surface area contributed by atoms with Crippen LogP contribution in [0.25, 0.3) is 0 Å². The summed E-state index contributed by atoms with van der Waals surface area (Å²) in [7, 11) is 0. The molecule has 0 radical (unpaired) electrons. The number of aliphatic carboxylic acids is 1. The smallest absolute Gasteiger partial charge is 0.325 e. The number of carbonyl (C=O) groups is 2. The molecule has 1 aliphatic heterocycles. The maximum Gasteiger partial charge on any atom is 0.325 e. The van der Waals surface area contributed by atoms with Gasteiger partial charge in [0, 0.05) is 13.1 Å². The SMILES string of the molecule is C[C@@H](NC(=O)N1CCC(CN)C1)C(=O)O. The molecule has 6 heteroatoms. The second kappa shape index (κ2) is 4.97. The number of hydrogen-bond donors (Lipinski definition) is 3. The maximum absolute atomic E-state index is 11.5. The van der Waals surface area contributed by atoms with Crippen molar-refractivity contribution >= 4 is 12.0 Å². The van der Waals surface area contributed by atoms with E-state index in [4.69, 9.17) is 10.8 Å². The molecular formula is C9H17N3O3. The van der Waals surface area contributed by atoms with Crippen LogP contribution in [-0.4, -0.2) is 47.7 Å². The van der Waals surface area contributed by atoms with Gasteiger partial charge in [0.1, 0.15) is 6.04 Å². The molecule has 0 aromatic heterocycles. The third-order valence-corrected chi connectivity index (χ3v) is 2.62. The van der Waals surface area contributed by atoms with Crippen LogP contribution in [0.4, 0.5) is 4.79 Å². The van der Waals surface area contributed by atoms with E-state index in [1.54, 1.807) is 4.90 Å². The van der Waals surface area contributed by atoms with Crippen molar-refractivity contribution in [2.45, 2.75) is 19.4 Å². The molecule has 0 aromatic carbocycles. The Balaban J connectivity index is 2.38. The van der Waals surface area contributed by atoms with Crippen molar-refractivity contribution in [3.8, 4) is 0 Å². The minimum absolute atomic E-state index is 0.319. The van der Waals surface area contributed by atoms with Crippen LogP contribution in [0.1, 0.15) is 13.3 Å². The first-order valence-corrected chi connectivity index (χ1v) is 5.03. The Bertz CT molecular complexity index is 257. The molecule has 2 atom stereocenters. The van der Waals surface area contributed by atoms with E-state index in [-0.39, 0.29) is 6.03 Å². The van der Waals surface area contributed by atoms with Crippen molar-refractivity contribution in [2.75, 3.05) is 19.6 Å². The van der Waals surface area contributed by atoms with Gasteiger partial charge in [0.2, 0.25) is 0 Å². The van der Waals surface area contributed by atoms with Crippen LogP contribution in [0.15, 0.2) is 0 Å². The Kier molecular flexibility index (Phi) is 3.90. The van der Waals surface area contributed by atoms with Gasteiger partial charge < -0.3 is 21.1 Å². The first-order valence-electron chi connectivity index (χ1n) is 5.03. The van der Waals surface area contributed by atoms with Gasteiger partial charge in [-0.3, -0.25) is 4.79 Å². The van der Waals surface area contributed by atoms with Crippen molar-refractivity contribution < 1.29 is 14.7 Å². The number of amides is 2. The molecule has 6 nitrogen and oxygen atoms in total. The molecule has 1 heterocycles. The standard InChI is InChI=1S/C9H17N3O3/c1-6(8(13)14)11-9(15)12-3-2-7(4-10)5-12/h6-7H,2-5,10H2,1H3,(H,11,15)(H,13,14)/t6-,7?/m1/s1. The number of nitrogens with one attached hydrogen (secondary N) is 1. The van der Waals surface area contributed by atoms with Gasteiger partial charge in [-0.15, -0.1) is 0 Å². The largest absolute Gasteiger partial charge is 0.480 e. The van der Waals surface area contributed by atoms with Crippen LogP contribution < -0.4 is 11.1 Å². The normalized spacial score (nSPS) is 22.5. The van der Waals surface area contributed by atoms with Gasteiger partial charge in [0.05, 0.1) is 0 Å². The predicted octanol–water partition coefficient (Wildman–Crippen LogP) is -0.550. The van der Waals surface area contributed by atoms with Crippen molar-refractivity contribution in [1.29, 1.82) is 0 Å². The molecule has 1 unspecified atom stereocenters. The topological polar surface area (TPSA) is 95.7 Å². The van der Waals surface area contributed by atoms with Crippen LogP contribution >= 0.6 is 0 Å². The Morgan fingerprint density at radius 1 is 1.67 bits per heavy atom. The fourth-order valence-corrected chi connectivity index (χ4v) is 1.55. The average Bonchev–Trinajstić information content (AvgIpc) is 2.65. The van der Waals surface area contributed by atoms with Gasteiger partial charge in [-0.2, -0.15) is 0 Å². The molecule has 2 amide bonds. The fourth-order valence-electron chi connectivity index (χ4n) is 1.55. The van der Waals surface area contributed by atoms with Gasteiger partial charge >= 0.3 is 12.0 Å². The zero-order chi connectivity index (χ0) is 11.4. The summed E-state index contributed by atoms with van der Waals surface area (Å²) in [4.78, 5) is 23.7. The quantitative estimate of drug-likeness (QED) is 0.588. The molecule has 0 aliphatic carbocycles. The second-order valence-corrected chi connectivity index (χ2v) is 3.85. The first-order chi connectivity index (χ1) is 7.04. The van der Waals surface area contributed by atoms with Crippen LogP contribution in [-0.2, 0) is 4.79 Å². The minimum atomic E-state index is -1.03. The number of likely N-dealkylation sites (tertiary alicyclic amines) is 1. The molecular weight excluding hydrogens is 198 g/mol. The van der Waals surface area contributed by atoms with Crippen LogP contribution in [0.2, 0.25) is 0 Å². The summed E-state index contributed by atoms with van der Waals surface area (Å²) in [5, 5.41) is 11.0. The lowest BCUT2D eigenvalue weighted by molar-refractivity contribution is -0.138.